The summed E-state index contributed by atoms with van der Waals surface area (Å²) in [7, 11) is 0. The Balaban J connectivity index is 2.00. The van der Waals surface area contributed by atoms with Gasteiger partial charge in [0.2, 0.25) is 0 Å². The second-order valence-electron chi connectivity index (χ2n) is 5.29. The Morgan fingerprint density at radius 1 is 1.15 bits per heavy atom. The molecular formula is C16H20N4. The molecule has 20 heavy (non-hydrogen) atoms. The first-order valence-electron chi connectivity index (χ1n) is 7.27. The SMILES string of the molecule is NNC(=NC1CCCCC1)c1cccc2cccnc12. The van der Waals surface area contributed by atoms with Crippen LogP contribution in [0.4, 0.5) is 0 Å². The van der Waals surface area contributed by atoms with Crippen LogP contribution in [0.1, 0.15) is 37.7 Å². The van der Waals surface area contributed by atoms with Crippen molar-refractivity contribution in [2.24, 2.45) is 10.8 Å². The van der Waals surface area contributed by atoms with Gasteiger partial charge in [-0.05, 0) is 25.0 Å². The van der Waals surface area contributed by atoms with Gasteiger partial charge in [-0.2, -0.15) is 0 Å². The summed E-state index contributed by atoms with van der Waals surface area (Å²) < 4.78 is 0. The first-order valence-corrected chi connectivity index (χ1v) is 7.27. The molecule has 0 radical (unpaired) electrons. The third kappa shape index (κ3) is 2.65. The zero-order chi connectivity index (χ0) is 13.8. The Hall–Kier alpha value is -1.94. The standard InChI is InChI=1S/C16H20N4/c17-20-16(19-13-8-2-1-3-9-13)14-10-4-6-12-7-5-11-18-15(12)14/h4-7,10-11,13H,1-3,8-9,17H2,(H,19,20). The summed E-state index contributed by atoms with van der Waals surface area (Å²) in [5, 5.41) is 1.11. The minimum atomic E-state index is 0.383. The molecule has 3 N–H and O–H groups in total. The van der Waals surface area contributed by atoms with Crippen molar-refractivity contribution in [2.45, 2.75) is 38.1 Å². The molecule has 1 heterocycles. The maximum absolute atomic E-state index is 5.70. The molecule has 4 nitrogen and oxygen atoms in total. The number of rotatable bonds is 2. The lowest BCUT2D eigenvalue weighted by molar-refractivity contribution is 0.442. The van der Waals surface area contributed by atoms with E-state index in [-0.39, 0.29) is 0 Å². The topological polar surface area (TPSA) is 63.3 Å². The van der Waals surface area contributed by atoms with Crippen LogP contribution in [0.15, 0.2) is 41.5 Å². The molecule has 1 fully saturated rings. The van der Waals surface area contributed by atoms with E-state index in [0.29, 0.717) is 6.04 Å². The fourth-order valence-corrected chi connectivity index (χ4v) is 2.87. The molecule has 1 aromatic carbocycles. The summed E-state index contributed by atoms with van der Waals surface area (Å²) in [6, 6.07) is 10.5. The lowest BCUT2D eigenvalue weighted by atomic mass is 9.96. The van der Waals surface area contributed by atoms with E-state index in [0.717, 1.165) is 35.1 Å². The highest BCUT2D eigenvalue weighted by molar-refractivity contribution is 6.08. The van der Waals surface area contributed by atoms with Gasteiger partial charge < -0.3 is 5.43 Å². The Morgan fingerprint density at radius 3 is 2.75 bits per heavy atom. The number of para-hydroxylation sites is 1. The average molecular weight is 268 g/mol. The van der Waals surface area contributed by atoms with Crippen LogP contribution >= 0.6 is 0 Å². The van der Waals surface area contributed by atoms with E-state index < -0.39 is 0 Å². The van der Waals surface area contributed by atoms with Gasteiger partial charge in [-0.15, -0.1) is 0 Å². The third-order valence-corrected chi connectivity index (χ3v) is 3.91. The van der Waals surface area contributed by atoms with Crippen molar-refractivity contribution in [2.75, 3.05) is 0 Å². The monoisotopic (exact) mass is 268 g/mol. The number of nitrogens with two attached hydrogens (primary N) is 1. The van der Waals surface area contributed by atoms with Crippen LogP contribution in [-0.4, -0.2) is 16.9 Å². The van der Waals surface area contributed by atoms with Crippen molar-refractivity contribution in [1.82, 2.24) is 10.4 Å². The summed E-state index contributed by atoms with van der Waals surface area (Å²) >= 11 is 0. The Labute approximate surface area is 119 Å². The minimum absolute atomic E-state index is 0.383. The van der Waals surface area contributed by atoms with Gasteiger partial charge in [-0.25, -0.2) is 5.84 Å². The van der Waals surface area contributed by atoms with Crippen LogP contribution in [0.2, 0.25) is 0 Å². The highest BCUT2D eigenvalue weighted by Crippen LogP contribution is 2.22. The van der Waals surface area contributed by atoms with Crippen molar-refractivity contribution < 1.29 is 0 Å². The normalized spacial score (nSPS) is 17.4. The van der Waals surface area contributed by atoms with E-state index in [2.05, 4.69) is 22.5 Å². The fraction of sp³-hybridized carbons (Fsp3) is 0.375. The van der Waals surface area contributed by atoms with E-state index in [9.17, 15) is 0 Å². The molecule has 1 saturated carbocycles. The highest BCUT2D eigenvalue weighted by Gasteiger charge is 2.15. The molecular weight excluding hydrogens is 248 g/mol. The smallest absolute Gasteiger partial charge is 0.145 e. The first kappa shape index (κ1) is 13.1. The van der Waals surface area contributed by atoms with E-state index in [1.807, 2.05) is 18.2 Å². The van der Waals surface area contributed by atoms with Crippen LogP contribution < -0.4 is 11.3 Å². The number of nitrogens with zero attached hydrogens (tertiary/aromatic N) is 2. The highest BCUT2D eigenvalue weighted by atomic mass is 15.3. The van der Waals surface area contributed by atoms with Crippen LogP contribution in [0.25, 0.3) is 10.9 Å². The van der Waals surface area contributed by atoms with Crippen molar-refractivity contribution in [1.29, 1.82) is 0 Å². The predicted molar refractivity (Wildman–Crippen MR) is 82.5 cm³/mol. The molecule has 0 amide bonds. The summed E-state index contributed by atoms with van der Waals surface area (Å²) in [6.07, 6.45) is 7.97. The van der Waals surface area contributed by atoms with Crippen LogP contribution in [-0.2, 0) is 0 Å². The second kappa shape index (κ2) is 6.01. The number of hydrogen-bond donors (Lipinski definition) is 2. The van der Waals surface area contributed by atoms with Crippen molar-refractivity contribution in [3.63, 3.8) is 0 Å². The van der Waals surface area contributed by atoms with Gasteiger partial charge >= 0.3 is 0 Å². The molecule has 2 aromatic rings. The predicted octanol–water partition coefficient (Wildman–Crippen LogP) is 2.78. The van der Waals surface area contributed by atoms with E-state index in [4.69, 9.17) is 10.8 Å². The number of hydrogen-bond acceptors (Lipinski definition) is 3. The quantitative estimate of drug-likeness (QED) is 0.381. The average Bonchev–Trinajstić information content (AvgIpc) is 2.53. The maximum Gasteiger partial charge on any atom is 0.145 e. The fourth-order valence-electron chi connectivity index (χ4n) is 2.87. The number of aromatic nitrogens is 1. The third-order valence-electron chi connectivity index (χ3n) is 3.91. The number of pyridine rings is 1. The van der Waals surface area contributed by atoms with Gasteiger partial charge in [0.15, 0.2) is 0 Å². The summed E-state index contributed by atoms with van der Waals surface area (Å²) in [6.45, 7) is 0. The number of aliphatic imine (C=N–C) groups is 1. The molecule has 4 heteroatoms. The van der Waals surface area contributed by atoms with Crippen LogP contribution in [0, 0.1) is 0 Å². The minimum Gasteiger partial charge on any atom is -0.308 e. The van der Waals surface area contributed by atoms with Gasteiger partial charge in [-0.1, -0.05) is 37.5 Å². The van der Waals surface area contributed by atoms with Crippen molar-refractivity contribution >= 4 is 16.7 Å². The molecule has 1 aliphatic carbocycles. The van der Waals surface area contributed by atoms with Gasteiger partial charge in [0.1, 0.15) is 5.84 Å². The molecule has 0 atom stereocenters. The lowest BCUT2D eigenvalue weighted by Crippen LogP contribution is -2.33. The Morgan fingerprint density at radius 2 is 1.95 bits per heavy atom. The molecule has 0 aliphatic heterocycles. The number of fused-ring (bicyclic) bond motifs is 1. The van der Waals surface area contributed by atoms with E-state index >= 15 is 0 Å². The van der Waals surface area contributed by atoms with E-state index in [1.54, 1.807) is 6.20 Å². The summed E-state index contributed by atoms with van der Waals surface area (Å²) in [5.74, 6) is 6.46. The first-order chi connectivity index (χ1) is 9.88. The van der Waals surface area contributed by atoms with Gasteiger partial charge in [-0.3, -0.25) is 9.98 Å². The summed E-state index contributed by atoms with van der Waals surface area (Å²) in [4.78, 5) is 9.28. The number of amidine groups is 1. The van der Waals surface area contributed by atoms with Crippen molar-refractivity contribution in [3.05, 3.63) is 42.1 Å². The molecule has 0 unspecified atom stereocenters. The van der Waals surface area contributed by atoms with E-state index in [1.165, 1.54) is 19.3 Å². The second-order valence-corrected chi connectivity index (χ2v) is 5.29. The molecule has 104 valence electrons. The van der Waals surface area contributed by atoms with Crippen molar-refractivity contribution in [3.8, 4) is 0 Å². The lowest BCUT2D eigenvalue weighted by Gasteiger charge is -2.19. The van der Waals surface area contributed by atoms with Gasteiger partial charge in [0.25, 0.3) is 0 Å². The van der Waals surface area contributed by atoms with Gasteiger partial charge in [0.05, 0.1) is 11.6 Å². The van der Waals surface area contributed by atoms with Gasteiger partial charge in [0, 0.05) is 17.1 Å². The molecule has 1 aromatic heterocycles. The zero-order valence-corrected chi connectivity index (χ0v) is 11.5. The number of hydrazine groups is 1. The van der Waals surface area contributed by atoms with Crippen LogP contribution in [0.3, 0.4) is 0 Å². The maximum atomic E-state index is 5.70. The van der Waals surface area contributed by atoms with Crippen LogP contribution in [0.5, 0.6) is 0 Å². The molecule has 3 rings (SSSR count). The molecule has 1 aliphatic rings. The molecule has 0 bridgehead atoms. The number of benzene rings is 1. The Bertz CT molecular complexity index is 609. The molecule has 0 saturated heterocycles. The molecule has 0 spiro atoms. The summed E-state index contributed by atoms with van der Waals surface area (Å²) in [5.41, 5.74) is 4.70. The largest absolute Gasteiger partial charge is 0.308 e. The Kier molecular flexibility index (Phi) is 3.92. The zero-order valence-electron chi connectivity index (χ0n) is 11.5. The number of nitrogens with one attached hydrogen (secondary N) is 1.